The maximum atomic E-state index is 5.27. The summed E-state index contributed by atoms with van der Waals surface area (Å²) in [5.74, 6) is 1.01. The topological polar surface area (TPSA) is 32.9 Å². The summed E-state index contributed by atoms with van der Waals surface area (Å²) >= 11 is 0. The Morgan fingerprint density at radius 3 is 2.23 bits per heavy atom. The van der Waals surface area contributed by atoms with Gasteiger partial charge in [0.1, 0.15) is 0 Å². The second kappa shape index (κ2) is 13.8. The lowest BCUT2D eigenvalue weighted by molar-refractivity contribution is 0.490. The zero-order valence-corrected chi connectivity index (χ0v) is 31.5. The lowest BCUT2D eigenvalue weighted by Crippen LogP contribution is -2.31. The van der Waals surface area contributed by atoms with Gasteiger partial charge >= 0.3 is 0 Å². The smallest absolute Gasteiger partial charge is 0.165 e. The number of allylic oxidation sites excluding steroid dienone is 11. The van der Waals surface area contributed by atoms with Gasteiger partial charge in [0.25, 0.3) is 0 Å². The van der Waals surface area contributed by atoms with Gasteiger partial charge in [0, 0.05) is 57.7 Å². The Kier molecular flexibility index (Phi) is 8.16. The Labute approximate surface area is 329 Å². The molecular weight excluding hydrogens is 681 g/mol. The molecule has 6 aliphatic rings. The molecule has 4 aromatic carbocycles. The molecule has 0 saturated carbocycles. The number of hydrogen-bond donors (Lipinski definition) is 0. The average molecular weight is 725 g/mol. The van der Waals surface area contributed by atoms with Gasteiger partial charge in [0.05, 0.1) is 17.3 Å². The first-order valence-corrected chi connectivity index (χ1v) is 20.4. The molecule has 56 heavy (non-hydrogen) atoms. The Balaban J connectivity index is 0.931. The van der Waals surface area contributed by atoms with Crippen LogP contribution < -0.4 is 4.90 Å². The lowest BCUT2D eigenvalue weighted by Gasteiger charge is -2.30. The molecule has 11 rings (SSSR count). The number of para-hydroxylation sites is 2. The summed E-state index contributed by atoms with van der Waals surface area (Å²) in [6.45, 7) is 0. The van der Waals surface area contributed by atoms with Crippen LogP contribution >= 0.6 is 0 Å². The molecule has 272 valence electrons. The number of nitrogens with zero attached hydrogens (tertiary/aromatic N) is 4. The SMILES string of the molecule is C1=CCC2C(=C1)N(c1ccccc1)C1C=C(C3=Cc4c(n(C5=CC=C(C6=NC(c7ccccc7)N=C(c7ccccc7)C6)CC5)c5ccccc45)CC3)C=CC21. The van der Waals surface area contributed by atoms with E-state index in [9.17, 15) is 0 Å². The van der Waals surface area contributed by atoms with Crippen LogP contribution in [0, 0.1) is 11.8 Å². The van der Waals surface area contributed by atoms with Crippen molar-refractivity contribution < 1.29 is 0 Å². The van der Waals surface area contributed by atoms with Crippen molar-refractivity contribution in [1.29, 1.82) is 0 Å². The summed E-state index contributed by atoms with van der Waals surface area (Å²) in [6, 6.07) is 41.5. The zero-order chi connectivity index (χ0) is 37.0. The number of fused-ring (bicyclic) bond motifs is 6. The highest BCUT2D eigenvalue weighted by atomic mass is 15.2. The fraction of sp³-hybridized carbons (Fsp3) is 0.192. The van der Waals surface area contributed by atoms with E-state index in [0.29, 0.717) is 17.9 Å². The summed E-state index contributed by atoms with van der Waals surface area (Å²) in [6.07, 6.45) is 27.3. The zero-order valence-electron chi connectivity index (χ0n) is 31.5. The maximum absolute atomic E-state index is 5.27. The molecule has 1 saturated heterocycles. The van der Waals surface area contributed by atoms with E-state index in [1.807, 2.05) is 0 Å². The van der Waals surface area contributed by atoms with Gasteiger partial charge in [-0.05, 0) is 96.4 Å². The fourth-order valence-electron chi connectivity index (χ4n) is 10.0. The van der Waals surface area contributed by atoms with E-state index in [1.165, 1.54) is 61.5 Å². The highest BCUT2D eigenvalue weighted by Crippen LogP contribution is 2.49. The molecule has 0 amide bonds. The van der Waals surface area contributed by atoms with Crippen molar-refractivity contribution in [2.45, 2.75) is 50.7 Å². The summed E-state index contributed by atoms with van der Waals surface area (Å²) in [5, 5.41) is 1.34. The third-order valence-electron chi connectivity index (χ3n) is 12.7. The van der Waals surface area contributed by atoms with E-state index < -0.39 is 0 Å². The van der Waals surface area contributed by atoms with Gasteiger partial charge in [0.2, 0.25) is 0 Å². The van der Waals surface area contributed by atoms with Gasteiger partial charge in [-0.3, -0.25) is 9.98 Å². The molecule has 3 heterocycles. The first-order chi connectivity index (χ1) is 27.8. The van der Waals surface area contributed by atoms with Gasteiger partial charge in [-0.25, -0.2) is 0 Å². The highest BCUT2D eigenvalue weighted by Gasteiger charge is 2.44. The molecule has 4 aliphatic carbocycles. The lowest BCUT2D eigenvalue weighted by atomic mass is 9.79. The van der Waals surface area contributed by atoms with Crippen LogP contribution in [-0.2, 0) is 6.42 Å². The van der Waals surface area contributed by atoms with E-state index in [-0.39, 0.29) is 6.17 Å². The van der Waals surface area contributed by atoms with Crippen molar-refractivity contribution in [3.8, 4) is 0 Å². The number of hydrogen-bond acceptors (Lipinski definition) is 3. The third kappa shape index (κ3) is 5.66. The van der Waals surface area contributed by atoms with E-state index in [1.54, 1.807) is 0 Å². The normalized spacial score (nSPS) is 23.9. The molecule has 0 spiro atoms. The number of aromatic nitrogens is 1. The standard InChI is InChI=1S/C52H44N4/c1-4-14-35(15-5-1)46-34-47(54-52(53-46)37-16-6-2-7-17-37)36-24-28-41(29-25-36)55-49-23-13-11-21-43(49)45-32-38(27-31-50(45)55)39-26-30-44-42-20-10-12-22-48(42)56(51(44)33-39)40-18-8-3-9-19-40/h1-19,21-24,26,28,30,32-33,42,44,51-52H,20,25,27,29,31,34H2. The minimum atomic E-state index is -0.226. The summed E-state index contributed by atoms with van der Waals surface area (Å²) in [4.78, 5) is 13.0. The molecule has 0 N–H and O–H groups in total. The number of anilines is 1. The molecular formula is C52H44N4. The van der Waals surface area contributed by atoms with Crippen LogP contribution in [0.15, 0.2) is 196 Å². The van der Waals surface area contributed by atoms with Crippen LogP contribution in [-0.4, -0.2) is 22.0 Å². The van der Waals surface area contributed by atoms with Crippen LogP contribution in [0.1, 0.15) is 60.7 Å². The van der Waals surface area contributed by atoms with Crippen molar-refractivity contribution in [3.05, 3.63) is 209 Å². The number of aliphatic imine (C=N–C) groups is 2. The Bertz CT molecular complexity index is 2640. The molecule has 0 bridgehead atoms. The van der Waals surface area contributed by atoms with Gasteiger partial charge in [-0.1, -0.05) is 134 Å². The van der Waals surface area contributed by atoms with Crippen molar-refractivity contribution in [2.75, 3.05) is 4.90 Å². The Morgan fingerprint density at radius 2 is 1.41 bits per heavy atom. The first-order valence-electron chi connectivity index (χ1n) is 20.4. The second-order valence-corrected chi connectivity index (χ2v) is 15.8. The van der Waals surface area contributed by atoms with Crippen LogP contribution in [0.2, 0.25) is 0 Å². The number of benzene rings is 4. The maximum Gasteiger partial charge on any atom is 0.165 e. The predicted molar refractivity (Wildman–Crippen MR) is 233 cm³/mol. The van der Waals surface area contributed by atoms with Crippen molar-refractivity contribution in [2.24, 2.45) is 21.8 Å². The second-order valence-electron chi connectivity index (χ2n) is 15.8. The van der Waals surface area contributed by atoms with Gasteiger partial charge in [0.15, 0.2) is 6.17 Å². The molecule has 4 nitrogen and oxygen atoms in total. The molecule has 5 aromatic rings. The van der Waals surface area contributed by atoms with Crippen molar-refractivity contribution in [1.82, 2.24) is 4.57 Å². The third-order valence-corrected chi connectivity index (χ3v) is 12.7. The minimum Gasteiger partial charge on any atom is -0.337 e. The summed E-state index contributed by atoms with van der Waals surface area (Å²) in [7, 11) is 0. The molecule has 4 heteroatoms. The average Bonchev–Trinajstić information content (AvgIpc) is 3.79. The van der Waals surface area contributed by atoms with E-state index >= 15 is 0 Å². The summed E-state index contributed by atoms with van der Waals surface area (Å²) in [5.41, 5.74) is 17.0. The van der Waals surface area contributed by atoms with Gasteiger partial charge in [-0.2, -0.15) is 0 Å². The molecule has 4 unspecified atom stereocenters. The molecule has 1 fully saturated rings. The molecule has 1 aromatic heterocycles. The van der Waals surface area contributed by atoms with Crippen molar-refractivity contribution >= 4 is 39.8 Å². The minimum absolute atomic E-state index is 0.226. The largest absolute Gasteiger partial charge is 0.337 e. The molecule has 4 atom stereocenters. The molecule has 2 aliphatic heterocycles. The summed E-state index contributed by atoms with van der Waals surface area (Å²) < 4.78 is 2.58. The molecule has 0 radical (unpaired) electrons. The Morgan fingerprint density at radius 1 is 0.661 bits per heavy atom. The number of rotatable bonds is 6. The fourth-order valence-corrected chi connectivity index (χ4v) is 10.0. The van der Waals surface area contributed by atoms with Crippen LogP contribution in [0.25, 0.3) is 22.7 Å². The van der Waals surface area contributed by atoms with Crippen molar-refractivity contribution in [3.63, 3.8) is 0 Å². The predicted octanol–water partition coefficient (Wildman–Crippen LogP) is 12.0. The van der Waals surface area contributed by atoms with Crippen LogP contribution in [0.5, 0.6) is 0 Å². The van der Waals surface area contributed by atoms with E-state index in [0.717, 1.165) is 55.5 Å². The van der Waals surface area contributed by atoms with Crippen LogP contribution in [0.3, 0.4) is 0 Å². The first kappa shape index (κ1) is 33.1. The van der Waals surface area contributed by atoms with Gasteiger partial charge < -0.3 is 9.47 Å². The highest BCUT2D eigenvalue weighted by molar-refractivity contribution is 6.19. The van der Waals surface area contributed by atoms with Crippen LogP contribution in [0.4, 0.5) is 5.69 Å². The van der Waals surface area contributed by atoms with E-state index in [4.69, 9.17) is 9.98 Å². The quantitative estimate of drug-likeness (QED) is 0.172. The Hall–Kier alpha value is -6.26. The van der Waals surface area contributed by atoms with Gasteiger partial charge in [-0.15, -0.1) is 0 Å². The monoisotopic (exact) mass is 724 g/mol. The van der Waals surface area contributed by atoms with E-state index in [2.05, 4.69) is 179 Å².